The average Bonchev–Trinajstić information content (AvgIpc) is 3.08. The van der Waals surface area contributed by atoms with Crippen LogP contribution in [-0.4, -0.2) is 56.1 Å². The molecule has 0 saturated heterocycles. The number of ketones is 2. The van der Waals surface area contributed by atoms with Crippen molar-refractivity contribution in [3.8, 4) is 11.3 Å². The van der Waals surface area contributed by atoms with Crippen LogP contribution in [0.15, 0.2) is 91.5 Å². The lowest BCUT2D eigenvalue weighted by Crippen LogP contribution is -2.29. The summed E-state index contributed by atoms with van der Waals surface area (Å²) in [5.74, 6) is -3.81. The number of nitrogens with one attached hydrogen (secondary N) is 1. The van der Waals surface area contributed by atoms with E-state index in [-0.39, 0.29) is 54.2 Å². The number of carboxylic acids is 1. The highest BCUT2D eigenvalue weighted by Gasteiger charge is 2.26. The van der Waals surface area contributed by atoms with Crippen molar-refractivity contribution in [1.82, 2.24) is 15.0 Å². The van der Waals surface area contributed by atoms with Gasteiger partial charge in [-0.2, -0.15) is 0 Å². The van der Waals surface area contributed by atoms with E-state index in [0.717, 1.165) is 0 Å². The summed E-state index contributed by atoms with van der Waals surface area (Å²) in [5, 5.41) is 12.4. The Morgan fingerprint density at radius 1 is 0.824 bits per heavy atom. The third-order valence-corrected chi connectivity index (χ3v) is 6.69. The predicted molar refractivity (Wildman–Crippen MR) is 188 cm³/mol. The van der Waals surface area contributed by atoms with E-state index in [2.05, 4.69) is 25.0 Å². The molecule has 51 heavy (non-hydrogen) atoms. The highest BCUT2D eigenvalue weighted by atomic mass is 19.1. The second-order valence-corrected chi connectivity index (χ2v) is 11.5. The minimum absolute atomic E-state index is 0. The molecule has 5 rings (SSSR count). The second-order valence-electron chi connectivity index (χ2n) is 11.5. The van der Waals surface area contributed by atoms with Gasteiger partial charge in [0.2, 0.25) is 5.91 Å². The van der Waals surface area contributed by atoms with Crippen molar-refractivity contribution in [2.24, 2.45) is 5.41 Å². The van der Waals surface area contributed by atoms with Gasteiger partial charge in [-0.05, 0) is 80.6 Å². The first-order valence-electron chi connectivity index (χ1n) is 15.1. The van der Waals surface area contributed by atoms with Crippen molar-refractivity contribution in [2.45, 2.75) is 42.0 Å². The fourth-order valence-corrected chi connectivity index (χ4v) is 4.00. The van der Waals surface area contributed by atoms with Gasteiger partial charge in [0.15, 0.2) is 5.78 Å². The summed E-state index contributed by atoms with van der Waals surface area (Å²) in [6, 6.07) is 15.8. The van der Waals surface area contributed by atoms with Gasteiger partial charge in [0, 0.05) is 46.7 Å². The van der Waals surface area contributed by atoms with Crippen LogP contribution in [0.5, 0.6) is 0 Å². The lowest BCUT2D eigenvalue weighted by molar-refractivity contribution is -0.137. The molecule has 13 heteroatoms. The molecule has 0 aliphatic carbocycles. The molecule has 0 fully saturated rings. The Morgan fingerprint density at radius 3 is 1.94 bits per heavy atom. The van der Waals surface area contributed by atoms with E-state index in [1.54, 1.807) is 52.1 Å². The number of esters is 1. The highest BCUT2D eigenvalue weighted by molar-refractivity contribution is 6.42. The lowest BCUT2D eigenvalue weighted by Gasteiger charge is -2.18. The largest absolute Gasteiger partial charge is 0.478 e. The number of rotatable bonds is 7. The number of benzene rings is 2. The zero-order valence-corrected chi connectivity index (χ0v) is 27.9. The third-order valence-electron chi connectivity index (χ3n) is 6.69. The van der Waals surface area contributed by atoms with Crippen LogP contribution in [-0.2, 0) is 14.3 Å². The Morgan fingerprint density at radius 2 is 1.39 bits per heavy atom. The number of aromatic nitrogens is 3. The molecule has 1 amide bonds. The summed E-state index contributed by atoms with van der Waals surface area (Å²) >= 11 is 0. The molecule has 266 valence electrons. The summed E-state index contributed by atoms with van der Waals surface area (Å²) in [6.07, 6.45) is 5.69. The minimum atomic E-state index is -1.05. The molecule has 3 heterocycles. The molecular formula is C38H38F2N4O7. The van der Waals surface area contributed by atoms with Crippen molar-refractivity contribution < 1.29 is 42.6 Å². The quantitative estimate of drug-likeness (QED) is 0.0980. The monoisotopic (exact) mass is 700 g/mol. The number of aromatic carboxylic acids is 1. The zero-order valence-electron chi connectivity index (χ0n) is 27.9. The van der Waals surface area contributed by atoms with Crippen molar-refractivity contribution in [3.63, 3.8) is 0 Å². The van der Waals surface area contributed by atoms with Crippen molar-refractivity contribution in [1.29, 1.82) is 0 Å². The molecule has 0 bridgehead atoms. The fourth-order valence-electron chi connectivity index (χ4n) is 4.00. The number of anilines is 1. The number of Topliss-reactive ketones (excluding diaryl/α,β-unsaturated/α-hetero) is 2. The van der Waals surface area contributed by atoms with Crippen LogP contribution in [0.3, 0.4) is 0 Å². The first-order chi connectivity index (χ1) is 23.6. The predicted octanol–water partition coefficient (Wildman–Crippen LogP) is 7.61. The van der Waals surface area contributed by atoms with Gasteiger partial charge in [-0.25, -0.2) is 23.4 Å². The van der Waals surface area contributed by atoms with E-state index in [4.69, 9.17) is 0 Å². The van der Waals surface area contributed by atoms with Gasteiger partial charge in [-0.15, -0.1) is 0 Å². The van der Waals surface area contributed by atoms with Gasteiger partial charge < -0.3 is 15.2 Å². The van der Waals surface area contributed by atoms with Crippen molar-refractivity contribution >= 4 is 46.0 Å². The molecule has 0 aliphatic rings. The Bertz CT molecular complexity index is 2010. The van der Waals surface area contributed by atoms with Gasteiger partial charge >= 0.3 is 11.9 Å². The summed E-state index contributed by atoms with van der Waals surface area (Å²) < 4.78 is 29.8. The number of hydrogen-bond donors (Lipinski definition) is 2. The second kappa shape index (κ2) is 18.5. The van der Waals surface area contributed by atoms with E-state index < -0.39 is 23.1 Å². The normalized spacial score (nSPS) is 10.3. The Balaban J connectivity index is 0.000000277. The van der Waals surface area contributed by atoms with Crippen molar-refractivity contribution in [2.75, 3.05) is 11.9 Å². The number of hydrogen-bond acceptors (Lipinski definition) is 9. The van der Waals surface area contributed by atoms with Gasteiger partial charge in [0.25, 0.3) is 5.78 Å². The number of halogens is 2. The highest BCUT2D eigenvalue weighted by Crippen LogP contribution is 2.25. The SMILES string of the molecule is C.CC(=O)c1ccc(F)cc1.CCOC(=O)C(=O)c1cnccc1NC(=O)C(C)(C)C.O=C(O)c1cc(-c2ccc(F)cc2)nc2ccncc12. The maximum Gasteiger partial charge on any atom is 0.379 e. The van der Waals surface area contributed by atoms with Crippen molar-refractivity contribution in [3.05, 3.63) is 120 Å². The van der Waals surface area contributed by atoms with Gasteiger partial charge in [0.05, 0.1) is 34.6 Å². The minimum Gasteiger partial charge on any atom is -0.478 e. The summed E-state index contributed by atoms with van der Waals surface area (Å²) in [7, 11) is 0. The fraction of sp³-hybridized carbons (Fsp3) is 0.211. The van der Waals surface area contributed by atoms with Crippen LogP contribution in [0.4, 0.5) is 14.5 Å². The van der Waals surface area contributed by atoms with E-state index in [1.807, 2.05) is 0 Å². The lowest BCUT2D eigenvalue weighted by atomic mass is 9.95. The Kier molecular flexibility index (Phi) is 14.9. The van der Waals surface area contributed by atoms with Crippen LogP contribution >= 0.6 is 0 Å². The molecule has 0 saturated carbocycles. The number of carboxylic acid groups (broad SMARTS) is 1. The molecule has 11 nitrogen and oxygen atoms in total. The molecule has 0 unspecified atom stereocenters. The third kappa shape index (κ3) is 11.7. The molecule has 0 atom stereocenters. The smallest absolute Gasteiger partial charge is 0.379 e. The molecule has 5 aromatic rings. The standard InChI is InChI=1S/C15H9FN2O2.C14H18N2O4.C8H7FO.CH4/c16-10-3-1-9(2-4-10)14-7-11(15(19)20)12-8-17-6-5-13(12)18-14;1-5-20-12(18)11(17)9-8-15-7-6-10(9)16-13(19)14(2,3)4;1-6(10)7-2-4-8(9)5-3-7;/h1-8H,(H,19,20);6-8H,5H2,1-4H3,(H,15,16,19);2-5H,1H3;1H4. The van der Waals surface area contributed by atoms with Crippen LogP contribution < -0.4 is 5.32 Å². The molecule has 0 radical (unpaired) electrons. The number of nitrogens with zero attached hydrogens (tertiary/aromatic N) is 3. The number of ether oxygens (including phenoxy) is 1. The summed E-state index contributed by atoms with van der Waals surface area (Å²) in [4.78, 5) is 69.4. The van der Waals surface area contributed by atoms with E-state index in [0.29, 0.717) is 27.7 Å². The molecule has 0 spiro atoms. The topological polar surface area (TPSA) is 166 Å². The number of carbonyl (C=O) groups excluding carboxylic acids is 4. The Labute approximate surface area is 293 Å². The van der Waals surface area contributed by atoms with Gasteiger partial charge in [-0.3, -0.25) is 24.4 Å². The van der Waals surface area contributed by atoms with Crippen LogP contribution in [0.25, 0.3) is 22.2 Å². The van der Waals surface area contributed by atoms with Crippen LogP contribution in [0.1, 0.15) is 73.1 Å². The number of fused-ring (bicyclic) bond motifs is 1. The van der Waals surface area contributed by atoms with Crippen LogP contribution in [0, 0.1) is 17.0 Å². The number of pyridine rings is 3. The molecule has 2 aromatic carbocycles. The average molecular weight is 701 g/mol. The molecular weight excluding hydrogens is 662 g/mol. The first-order valence-corrected chi connectivity index (χ1v) is 15.1. The van der Waals surface area contributed by atoms with Gasteiger partial charge in [-0.1, -0.05) is 28.2 Å². The van der Waals surface area contributed by atoms with E-state index in [1.165, 1.54) is 74.0 Å². The van der Waals surface area contributed by atoms with Crippen LogP contribution in [0.2, 0.25) is 0 Å². The van der Waals surface area contributed by atoms with Gasteiger partial charge in [0.1, 0.15) is 11.6 Å². The summed E-state index contributed by atoms with van der Waals surface area (Å²) in [6.45, 7) is 8.40. The Hall–Kier alpha value is -6.24. The van der Waals surface area contributed by atoms with E-state index in [9.17, 15) is 37.9 Å². The maximum absolute atomic E-state index is 12.9. The first kappa shape index (κ1) is 40.9. The maximum atomic E-state index is 12.9. The molecule has 2 N–H and O–H groups in total. The number of amides is 1. The van der Waals surface area contributed by atoms with E-state index >= 15 is 0 Å². The summed E-state index contributed by atoms with van der Waals surface area (Å²) in [5.41, 5.74) is 2.01. The molecule has 3 aromatic heterocycles. The number of carbonyl (C=O) groups is 5. The zero-order chi connectivity index (χ0) is 37.0. The molecule has 0 aliphatic heterocycles.